The Labute approximate surface area is 97.5 Å². The van der Waals surface area contributed by atoms with E-state index in [9.17, 15) is 13.6 Å². The van der Waals surface area contributed by atoms with Crippen LogP contribution in [0.2, 0.25) is 0 Å². The summed E-state index contributed by atoms with van der Waals surface area (Å²) >= 11 is 0. The highest BCUT2D eigenvalue weighted by Gasteiger charge is 2.21. The number of carboxylic acids is 1. The molecule has 17 heavy (non-hydrogen) atoms. The number of aromatic carboxylic acids is 1. The van der Waals surface area contributed by atoms with Crippen molar-refractivity contribution in [3.63, 3.8) is 0 Å². The Morgan fingerprint density at radius 3 is 2.71 bits per heavy atom. The van der Waals surface area contributed by atoms with Crippen LogP contribution in [0.15, 0.2) is 12.1 Å². The molecule has 0 bridgehead atoms. The molecule has 1 aliphatic rings. The fourth-order valence-corrected chi connectivity index (χ4v) is 2.10. The Kier molecular flexibility index (Phi) is 3.38. The third-order valence-electron chi connectivity index (χ3n) is 2.99. The summed E-state index contributed by atoms with van der Waals surface area (Å²) in [6, 6.07) is 2.20. The summed E-state index contributed by atoms with van der Waals surface area (Å²) in [7, 11) is 0. The van der Waals surface area contributed by atoms with Gasteiger partial charge >= 0.3 is 5.97 Å². The van der Waals surface area contributed by atoms with Crippen LogP contribution in [0, 0.1) is 11.6 Å². The molecule has 1 saturated heterocycles. The van der Waals surface area contributed by atoms with E-state index in [1.807, 2.05) is 0 Å². The molecule has 1 fully saturated rings. The fraction of sp³-hybridized carbons (Fsp3) is 0.417. The number of hydrogen-bond acceptors (Lipinski definition) is 2. The Hall–Kier alpha value is -1.49. The van der Waals surface area contributed by atoms with Gasteiger partial charge in [-0.1, -0.05) is 6.42 Å². The lowest BCUT2D eigenvalue weighted by atomic mass is 9.96. The zero-order valence-corrected chi connectivity index (χ0v) is 9.17. The number of rotatable bonds is 2. The van der Waals surface area contributed by atoms with Crippen molar-refractivity contribution in [1.82, 2.24) is 5.32 Å². The molecular weight excluding hydrogens is 228 g/mol. The van der Waals surface area contributed by atoms with Gasteiger partial charge in [0.1, 0.15) is 0 Å². The van der Waals surface area contributed by atoms with Crippen LogP contribution in [0.5, 0.6) is 0 Å². The number of piperidine rings is 1. The molecule has 1 heterocycles. The van der Waals surface area contributed by atoms with Crippen LogP contribution in [0.1, 0.15) is 41.2 Å². The topological polar surface area (TPSA) is 49.3 Å². The quantitative estimate of drug-likeness (QED) is 0.836. The van der Waals surface area contributed by atoms with Crippen molar-refractivity contribution in [2.75, 3.05) is 6.54 Å². The molecule has 0 saturated carbocycles. The van der Waals surface area contributed by atoms with E-state index in [-0.39, 0.29) is 6.04 Å². The summed E-state index contributed by atoms with van der Waals surface area (Å²) in [6.45, 7) is 0.812. The third kappa shape index (κ3) is 2.44. The second-order valence-corrected chi connectivity index (χ2v) is 4.17. The number of carbonyl (C=O) groups is 1. The van der Waals surface area contributed by atoms with Crippen molar-refractivity contribution in [1.29, 1.82) is 0 Å². The number of benzene rings is 1. The van der Waals surface area contributed by atoms with E-state index in [1.165, 1.54) is 6.07 Å². The molecule has 1 aromatic carbocycles. The minimum Gasteiger partial charge on any atom is -0.478 e. The van der Waals surface area contributed by atoms with Crippen molar-refractivity contribution < 1.29 is 18.7 Å². The molecule has 1 aliphatic heterocycles. The smallest absolute Gasteiger partial charge is 0.338 e. The summed E-state index contributed by atoms with van der Waals surface area (Å²) in [5.41, 5.74) is -0.103. The van der Waals surface area contributed by atoms with Gasteiger partial charge in [-0.3, -0.25) is 0 Å². The van der Waals surface area contributed by atoms with Crippen LogP contribution < -0.4 is 5.32 Å². The monoisotopic (exact) mass is 241 g/mol. The van der Waals surface area contributed by atoms with Gasteiger partial charge in [0.15, 0.2) is 11.6 Å². The van der Waals surface area contributed by atoms with Gasteiger partial charge in [0.2, 0.25) is 0 Å². The summed E-state index contributed by atoms with van der Waals surface area (Å²) < 4.78 is 26.5. The van der Waals surface area contributed by atoms with Crippen molar-refractivity contribution in [3.05, 3.63) is 34.9 Å². The molecule has 2 N–H and O–H groups in total. The lowest BCUT2D eigenvalue weighted by Crippen LogP contribution is -2.27. The SMILES string of the molecule is O=C(O)c1cc(C2CCCCN2)cc(F)c1F. The van der Waals surface area contributed by atoms with E-state index in [1.54, 1.807) is 0 Å². The summed E-state index contributed by atoms with van der Waals surface area (Å²) in [5, 5.41) is 12.0. The number of carboxylic acid groups (broad SMARTS) is 1. The molecule has 1 aromatic rings. The molecule has 2 rings (SSSR count). The first-order valence-corrected chi connectivity index (χ1v) is 5.55. The molecule has 1 unspecified atom stereocenters. The number of halogens is 2. The van der Waals surface area contributed by atoms with E-state index in [0.29, 0.717) is 5.56 Å². The van der Waals surface area contributed by atoms with Crippen molar-refractivity contribution in [2.24, 2.45) is 0 Å². The molecule has 3 nitrogen and oxygen atoms in total. The van der Waals surface area contributed by atoms with Crippen LogP contribution in [0.3, 0.4) is 0 Å². The van der Waals surface area contributed by atoms with Crippen LogP contribution in [0.4, 0.5) is 8.78 Å². The predicted octanol–water partition coefficient (Wildman–Crippen LogP) is 2.48. The van der Waals surface area contributed by atoms with Gasteiger partial charge < -0.3 is 10.4 Å². The second-order valence-electron chi connectivity index (χ2n) is 4.17. The van der Waals surface area contributed by atoms with Gasteiger partial charge in [0.25, 0.3) is 0 Å². The average Bonchev–Trinajstić information content (AvgIpc) is 2.33. The molecule has 92 valence electrons. The van der Waals surface area contributed by atoms with Gasteiger partial charge in [0.05, 0.1) is 5.56 Å². The highest BCUT2D eigenvalue weighted by molar-refractivity contribution is 5.88. The number of hydrogen-bond donors (Lipinski definition) is 2. The summed E-state index contributed by atoms with van der Waals surface area (Å²) in [6.07, 6.45) is 2.86. The molecule has 0 aliphatic carbocycles. The fourth-order valence-electron chi connectivity index (χ4n) is 2.10. The normalized spacial score (nSPS) is 20.2. The summed E-state index contributed by atoms with van der Waals surface area (Å²) in [4.78, 5) is 10.8. The van der Waals surface area contributed by atoms with Gasteiger partial charge in [0, 0.05) is 6.04 Å². The summed E-state index contributed by atoms with van der Waals surface area (Å²) in [5.74, 6) is -3.84. The van der Waals surface area contributed by atoms with Crippen molar-refractivity contribution in [2.45, 2.75) is 25.3 Å². The maximum absolute atomic E-state index is 13.3. The van der Waals surface area contributed by atoms with Crippen LogP contribution >= 0.6 is 0 Å². The minimum absolute atomic E-state index is 0.0862. The van der Waals surface area contributed by atoms with E-state index >= 15 is 0 Å². The minimum atomic E-state index is -1.45. The van der Waals surface area contributed by atoms with Gasteiger partial charge in [-0.15, -0.1) is 0 Å². The largest absolute Gasteiger partial charge is 0.478 e. The Morgan fingerprint density at radius 1 is 1.35 bits per heavy atom. The van der Waals surface area contributed by atoms with Gasteiger partial charge in [-0.05, 0) is 37.1 Å². The Balaban J connectivity index is 2.37. The van der Waals surface area contributed by atoms with E-state index < -0.39 is 23.2 Å². The molecule has 0 aromatic heterocycles. The zero-order valence-electron chi connectivity index (χ0n) is 9.17. The standard InChI is InChI=1S/C12H13F2NO2/c13-9-6-7(10-3-1-2-4-15-10)5-8(11(9)14)12(16)17/h5-6,10,15H,1-4H2,(H,16,17). The van der Waals surface area contributed by atoms with Crippen LogP contribution in [-0.4, -0.2) is 17.6 Å². The van der Waals surface area contributed by atoms with Crippen LogP contribution in [0.25, 0.3) is 0 Å². The average molecular weight is 241 g/mol. The second kappa shape index (κ2) is 4.79. The van der Waals surface area contributed by atoms with Crippen molar-refractivity contribution in [3.8, 4) is 0 Å². The molecule has 0 spiro atoms. The molecule has 0 amide bonds. The predicted molar refractivity (Wildman–Crippen MR) is 57.9 cm³/mol. The first-order chi connectivity index (χ1) is 8.09. The van der Waals surface area contributed by atoms with Gasteiger partial charge in [-0.2, -0.15) is 0 Å². The highest BCUT2D eigenvalue weighted by Crippen LogP contribution is 2.26. The van der Waals surface area contributed by atoms with E-state index in [0.717, 1.165) is 31.9 Å². The molecule has 5 heteroatoms. The van der Waals surface area contributed by atoms with Gasteiger partial charge in [-0.25, -0.2) is 13.6 Å². The Bertz CT molecular complexity index is 442. The molecular formula is C12H13F2NO2. The van der Waals surface area contributed by atoms with E-state index in [4.69, 9.17) is 5.11 Å². The van der Waals surface area contributed by atoms with Crippen LogP contribution in [-0.2, 0) is 0 Å². The maximum atomic E-state index is 13.3. The maximum Gasteiger partial charge on any atom is 0.338 e. The zero-order chi connectivity index (χ0) is 12.4. The third-order valence-corrected chi connectivity index (χ3v) is 2.99. The lowest BCUT2D eigenvalue weighted by Gasteiger charge is -2.24. The first-order valence-electron chi connectivity index (χ1n) is 5.55. The molecule has 1 atom stereocenters. The highest BCUT2D eigenvalue weighted by atomic mass is 19.2. The van der Waals surface area contributed by atoms with Crippen molar-refractivity contribution >= 4 is 5.97 Å². The lowest BCUT2D eigenvalue weighted by molar-refractivity contribution is 0.0690. The Morgan fingerprint density at radius 2 is 2.12 bits per heavy atom. The molecule has 0 radical (unpaired) electrons. The number of nitrogens with one attached hydrogen (secondary N) is 1. The first kappa shape index (κ1) is 12.0. The van der Waals surface area contributed by atoms with E-state index in [2.05, 4.69) is 5.32 Å².